The van der Waals surface area contributed by atoms with E-state index in [-0.39, 0.29) is 11.4 Å². The van der Waals surface area contributed by atoms with Gasteiger partial charge in [-0.25, -0.2) is 13.1 Å². The molecule has 0 atom stereocenters. The summed E-state index contributed by atoms with van der Waals surface area (Å²) in [6.45, 7) is 3.40. The molecular formula is C10H13BrN4O3S. The number of aromatic nitrogens is 3. The molecule has 0 aromatic carbocycles. The number of nitrogens with zero attached hydrogens (tertiary/aromatic N) is 3. The number of aryl methyl sites for hydroxylation is 2. The molecule has 0 fully saturated rings. The topological polar surface area (TPSA) is 90.0 Å². The van der Waals surface area contributed by atoms with Crippen molar-refractivity contribution in [3.05, 3.63) is 27.8 Å². The van der Waals surface area contributed by atoms with Gasteiger partial charge in [-0.1, -0.05) is 5.16 Å². The fourth-order valence-electron chi connectivity index (χ4n) is 1.75. The van der Waals surface area contributed by atoms with Crippen LogP contribution in [-0.4, -0.2) is 23.4 Å². The molecule has 19 heavy (non-hydrogen) atoms. The lowest BCUT2D eigenvalue weighted by molar-refractivity contribution is 0.377. The first kappa shape index (κ1) is 14.2. The first-order valence-corrected chi connectivity index (χ1v) is 7.70. The molecule has 9 heteroatoms. The normalized spacial score (nSPS) is 12.0. The van der Waals surface area contributed by atoms with E-state index in [4.69, 9.17) is 4.52 Å². The number of halogens is 1. The Bertz CT molecular complexity index is 704. The molecule has 0 saturated heterocycles. The third kappa shape index (κ3) is 2.88. The Labute approximate surface area is 119 Å². The van der Waals surface area contributed by atoms with E-state index in [9.17, 15) is 8.42 Å². The Morgan fingerprint density at radius 2 is 2.16 bits per heavy atom. The summed E-state index contributed by atoms with van der Waals surface area (Å²) in [6.07, 6.45) is 0. The Morgan fingerprint density at radius 3 is 2.63 bits per heavy atom. The molecule has 0 amide bonds. The number of sulfonamides is 1. The zero-order chi connectivity index (χ0) is 14.2. The average Bonchev–Trinajstić information content (AvgIpc) is 2.82. The van der Waals surface area contributed by atoms with Crippen LogP contribution in [0.15, 0.2) is 20.1 Å². The zero-order valence-electron chi connectivity index (χ0n) is 10.6. The van der Waals surface area contributed by atoms with Crippen molar-refractivity contribution in [2.24, 2.45) is 7.05 Å². The highest BCUT2D eigenvalue weighted by atomic mass is 79.9. The molecule has 104 valence electrons. The van der Waals surface area contributed by atoms with Crippen LogP contribution in [-0.2, 0) is 23.6 Å². The molecule has 0 radical (unpaired) electrons. The molecule has 0 bridgehead atoms. The molecule has 2 heterocycles. The van der Waals surface area contributed by atoms with E-state index in [1.807, 2.05) is 0 Å². The zero-order valence-corrected chi connectivity index (χ0v) is 13.0. The minimum absolute atomic E-state index is 0.0364. The SMILES string of the molecule is Cc1nn(C)c(C)c1S(=O)(=O)NCc1cc(Br)no1. The van der Waals surface area contributed by atoms with Crippen molar-refractivity contribution < 1.29 is 12.9 Å². The lowest BCUT2D eigenvalue weighted by Crippen LogP contribution is -2.24. The maximum absolute atomic E-state index is 12.2. The van der Waals surface area contributed by atoms with Crippen molar-refractivity contribution in [2.45, 2.75) is 25.3 Å². The second-order valence-corrected chi connectivity index (χ2v) is 6.58. The van der Waals surface area contributed by atoms with Crippen molar-refractivity contribution in [1.29, 1.82) is 0 Å². The Hall–Kier alpha value is -1.19. The highest BCUT2D eigenvalue weighted by Crippen LogP contribution is 2.19. The molecule has 2 aromatic rings. The third-order valence-corrected chi connectivity index (χ3v) is 4.70. The second-order valence-electron chi connectivity index (χ2n) is 4.06. The maximum Gasteiger partial charge on any atom is 0.244 e. The van der Waals surface area contributed by atoms with Crippen molar-refractivity contribution in [3.63, 3.8) is 0 Å². The van der Waals surface area contributed by atoms with Crippen LogP contribution in [0.4, 0.5) is 0 Å². The van der Waals surface area contributed by atoms with E-state index in [2.05, 4.69) is 30.9 Å². The van der Waals surface area contributed by atoms with Crippen LogP contribution in [0.3, 0.4) is 0 Å². The first-order valence-electron chi connectivity index (χ1n) is 5.42. The smallest absolute Gasteiger partial charge is 0.244 e. The molecule has 0 saturated carbocycles. The quantitative estimate of drug-likeness (QED) is 0.898. The summed E-state index contributed by atoms with van der Waals surface area (Å²) < 4.78 is 33.9. The molecule has 0 aliphatic carbocycles. The summed E-state index contributed by atoms with van der Waals surface area (Å²) >= 11 is 3.13. The van der Waals surface area contributed by atoms with E-state index in [0.717, 1.165) is 0 Å². The van der Waals surface area contributed by atoms with Gasteiger partial charge in [-0.15, -0.1) is 0 Å². The van der Waals surface area contributed by atoms with Crippen LogP contribution in [0.25, 0.3) is 0 Å². The third-order valence-electron chi connectivity index (χ3n) is 2.68. The van der Waals surface area contributed by atoms with Gasteiger partial charge in [-0.05, 0) is 29.8 Å². The van der Waals surface area contributed by atoms with Gasteiger partial charge in [0.25, 0.3) is 0 Å². The van der Waals surface area contributed by atoms with Crippen LogP contribution in [0, 0.1) is 13.8 Å². The van der Waals surface area contributed by atoms with E-state index in [1.165, 1.54) is 4.68 Å². The van der Waals surface area contributed by atoms with Crippen LogP contribution in [0.2, 0.25) is 0 Å². The van der Waals surface area contributed by atoms with Gasteiger partial charge >= 0.3 is 0 Å². The number of hydrogen-bond donors (Lipinski definition) is 1. The molecule has 1 N–H and O–H groups in total. The number of nitrogens with one attached hydrogen (secondary N) is 1. The summed E-state index contributed by atoms with van der Waals surface area (Å²) in [7, 11) is -1.92. The lowest BCUT2D eigenvalue weighted by Gasteiger charge is -2.05. The Kier molecular flexibility index (Phi) is 3.79. The Morgan fingerprint density at radius 1 is 1.47 bits per heavy atom. The van der Waals surface area contributed by atoms with Gasteiger partial charge in [-0.2, -0.15) is 5.10 Å². The van der Waals surface area contributed by atoms with Crippen molar-refractivity contribution >= 4 is 26.0 Å². The van der Waals surface area contributed by atoms with Crippen molar-refractivity contribution in [3.8, 4) is 0 Å². The summed E-state index contributed by atoms with van der Waals surface area (Å²) in [4.78, 5) is 0.202. The van der Waals surface area contributed by atoms with E-state index in [1.54, 1.807) is 27.0 Å². The lowest BCUT2D eigenvalue weighted by atomic mass is 10.4. The standard InChI is InChI=1S/C10H13BrN4O3S/c1-6-10(7(2)15(3)13-6)19(16,17)12-5-8-4-9(11)14-18-8/h4,12H,5H2,1-3H3. The predicted molar refractivity (Wildman–Crippen MR) is 70.9 cm³/mol. The van der Waals surface area contributed by atoms with Gasteiger partial charge in [0, 0.05) is 13.1 Å². The van der Waals surface area contributed by atoms with Gasteiger partial charge in [0.1, 0.15) is 9.50 Å². The largest absolute Gasteiger partial charge is 0.359 e. The second kappa shape index (κ2) is 5.06. The number of hydrogen-bond acceptors (Lipinski definition) is 5. The summed E-state index contributed by atoms with van der Waals surface area (Å²) in [6, 6.07) is 1.60. The molecule has 0 aliphatic rings. The molecule has 0 unspecified atom stereocenters. The van der Waals surface area contributed by atoms with Gasteiger partial charge < -0.3 is 4.52 Å². The van der Waals surface area contributed by atoms with Gasteiger partial charge in [0.15, 0.2) is 5.76 Å². The highest BCUT2D eigenvalue weighted by molar-refractivity contribution is 9.10. The predicted octanol–water partition coefficient (Wildman–Crippen LogP) is 1.27. The fraction of sp³-hybridized carbons (Fsp3) is 0.400. The maximum atomic E-state index is 12.2. The van der Waals surface area contributed by atoms with E-state index >= 15 is 0 Å². The molecular weight excluding hydrogens is 336 g/mol. The van der Waals surface area contributed by atoms with E-state index in [0.29, 0.717) is 21.8 Å². The molecule has 0 aliphatic heterocycles. The number of rotatable bonds is 4. The minimum Gasteiger partial charge on any atom is -0.359 e. The molecule has 2 aromatic heterocycles. The van der Waals surface area contributed by atoms with Crippen molar-refractivity contribution in [2.75, 3.05) is 0 Å². The monoisotopic (exact) mass is 348 g/mol. The van der Waals surface area contributed by atoms with Crippen LogP contribution >= 0.6 is 15.9 Å². The summed E-state index contributed by atoms with van der Waals surface area (Å²) in [5, 5.41) is 7.71. The van der Waals surface area contributed by atoms with Gasteiger partial charge in [0.05, 0.1) is 17.9 Å². The van der Waals surface area contributed by atoms with Gasteiger partial charge in [-0.3, -0.25) is 4.68 Å². The minimum atomic E-state index is -3.63. The Balaban J connectivity index is 2.23. The average molecular weight is 349 g/mol. The van der Waals surface area contributed by atoms with E-state index < -0.39 is 10.0 Å². The summed E-state index contributed by atoms with van der Waals surface area (Å²) in [5.74, 6) is 0.426. The molecule has 0 spiro atoms. The fourth-order valence-corrected chi connectivity index (χ4v) is 3.51. The van der Waals surface area contributed by atoms with Crippen molar-refractivity contribution in [1.82, 2.24) is 19.7 Å². The van der Waals surface area contributed by atoms with Crippen LogP contribution in [0.1, 0.15) is 17.1 Å². The molecule has 7 nitrogen and oxygen atoms in total. The summed E-state index contributed by atoms with van der Waals surface area (Å²) in [5.41, 5.74) is 1.05. The van der Waals surface area contributed by atoms with Gasteiger partial charge in [0.2, 0.25) is 10.0 Å². The first-order chi connectivity index (χ1) is 8.81. The highest BCUT2D eigenvalue weighted by Gasteiger charge is 2.23. The molecule has 2 rings (SSSR count). The van der Waals surface area contributed by atoms with Crippen LogP contribution in [0.5, 0.6) is 0 Å². The van der Waals surface area contributed by atoms with Crippen LogP contribution < -0.4 is 4.72 Å².